The highest BCUT2D eigenvalue weighted by Gasteiger charge is 2.22. The Morgan fingerprint density at radius 2 is 2.00 bits per heavy atom. The lowest BCUT2D eigenvalue weighted by Gasteiger charge is -2.34. The predicted octanol–water partition coefficient (Wildman–Crippen LogP) is 2.29. The second-order valence-corrected chi connectivity index (χ2v) is 6.77. The lowest BCUT2D eigenvalue weighted by atomic mass is 9.93. The summed E-state index contributed by atoms with van der Waals surface area (Å²) < 4.78 is 0. The number of carbonyl (C=O) groups excluding carboxylic acids is 1. The van der Waals surface area contributed by atoms with Crippen LogP contribution in [-0.4, -0.2) is 58.0 Å². The van der Waals surface area contributed by atoms with E-state index in [1.54, 1.807) is 7.05 Å². The minimum absolute atomic E-state index is 0. The summed E-state index contributed by atoms with van der Waals surface area (Å²) in [6, 6.07) is 8.51. The molecule has 0 aliphatic carbocycles. The number of guanidine groups is 1. The first-order chi connectivity index (χ1) is 12.0. The molecule has 1 aliphatic rings. The molecule has 0 atom stereocenters. The van der Waals surface area contributed by atoms with Gasteiger partial charge in [-0.05, 0) is 36.5 Å². The molecule has 0 saturated carbocycles. The van der Waals surface area contributed by atoms with Gasteiger partial charge in [-0.3, -0.25) is 9.79 Å². The van der Waals surface area contributed by atoms with Crippen molar-refractivity contribution >= 4 is 41.5 Å². The van der Waals surface area contributed by atoms with E-state index in [2.05, 4.69) is 63.8 Å². The van der Waals surface area contributed by atoms with Crippen molar-refractivity contribution in [3.8, 4) is 0 Å². The van der Waals surface area contributed by atoms with E-state index in [0.717, 1.165) is 38.4 Å². The summed E-state index contributed by atoms with van der Waals surface area (Å²) >= 11 is 0. The maximum atomic E-state index is 11.5. The first kappa shape index (κ1) is 22.5. The van der Waals surface area contributed by atoms with Gasteiger partial charge in [0.2, 0.25) is 5.91 Å². The Bertz CT molecular complexity index is 597. The topological polar surface area (TPSA) is 60.0 Å². The largest absolute Gasteiger partial charge is 0.378 e. The van der Waals surface area contributed by atoms with Crippen LogP contribution in [0.15, 0.2) is 29.3 Å². The number of amides is 1. The lowest BCUT2D eigenvalue weighted by Crippen LogP contribution is -2.45. The lowest BCUT2D eigenvalue weighted by molar-refractivity contribution is -0.121. The second kappa shape index (κ2) is 11.3. The summed E-state index contributed by atoms with van der Waals surface area (Å²) in [5.41, 5.74) is 2.44. The van der Waals surface area contributed by atoms with Gasteiger partial charge >= 0.3 is 0 Å². The summed E-state index contributed by atoms with van der Waals surface area (Å²) in [6.07, 6.45) is 2.70. The van der Waals surface area contributed by atoms with Crippen molar-refractivity contribution in [3.63, 3.8) is 0 Å². The van der Waals surface area contributed by atoms with Crippen LogP contribution >= 0.6 is 24.0 Å². The molecule has 26 heavy (non-hydrogen) atoms. The third kappa shape index (κ3) is 6.66. The van der Waals surface area contributed by atoms with Crippen LogP contribution in [0.3, 0.4) is 0 Å². The van der Waals surface area contributed by atoms with Gasteiger partial charge in [-0.25, -0.2) is 0 Å². The molecule has 146 valence electrons. The van der Waals surface area contributed by atoms with E-state index in [1.807, 2.05) is 7.05 Å². The van der Waals surface area contributed by atoms with Gasteiger partial charge in [-0.15, -0.1) is 24.0 Å². The number of rotatable bonds is 5. The second-order valence-electron chi connectivity index (χ2n) is 6.77. The Hall–Kier alpha value is -1.51. The van der Waals surface area contributed by atoms with Crippen LogP contribution in [0.2, 0.25) is 0 Å². The van der Waals surface area contributed by atoms with E-state index < -0.39 is 0 Å². The number of anilines is 1. The number of benzene rings is 1. The molecule has 1 aromatic carbocycles. The number of aliphatic imine (C=N–C) groups is 1. The summed E-state index contributed by atoms with van der Waals surface area (Å²) in [5.74, 6) is 1.56. The summed E-state index contributed by atoms with van der Waals surface area (Å²) in [6.45, 7) is 2.64. The normalized spacial score (nSPS) is 15.2. The fraction of sp³-hybridized carbons (Fsp3) is 0.579. The Morgan fingerprint density at radius 3 is 2.58 bits per heavy atom. The molecule has 1 saturated heterocycles. The van der Waals surface area contributed by atoms with Gasteiger partial charge in [-0.1, -0.05) is 12.1 Å². The van der Waals surface area contributed by atoms with Crippen molar-refractivity contribution in [2.45, 2.75) is 25.8 Å². The molecule has 6 nitrogen and oxygen atoms in total. The molecule has 0 unspecified atom stereocenters. The van der Waals surface area contributed by atoms with Gasteiger partial charge in [-0.2, -0.15) is 0 Å². The molecule has 0 bridgehead atoms. The van der Waals surface area contributed by atoms with E-state index in [0.29, 0.717) is 12.3 Å². The van der Waals surface area contributed by atoms with Crippen LogP contribution in [0.1, 0.15) is 24.8 Å². The number of piperidine rings is 1. The van der Waals surface area contributed by atoms with Crippen molar-refractivity contribution < 1.29 is 4.79 Å². The third-order valence-corrected chi connectivity index (χ3v) is 4.76. The van der Waals surface area contributed by atoms with Crippen LogP contribution in [0, 0.1) is 5.92 Å². The van der Waals surface area contributed by atoms with Crippen molar-refractivity contribution in [2.24, 2.45) is 10.9 Å². The van der Waals surface area contributed by atoms with Crippen LogP contribution in [0.4, 0.5) is 5.69 Å². The molecular weight excluding hydrogens is 441 g/mol. The first-order valence-electron chi connectivity index (χ1n) is 8.96. The van der Waals surface area contributed by atoms with E-state index in [4.69, 9.17) is 0 Å². The summed E-state index contributed by atoms with van der Waals surface area (Å²) in [5, 5.41) is 6.18. The number of carbonyl (C=O) groups is 1. The van der Waals surface area contributed by atoms with Gasteiger partial charge in [0.15, 0.2) is 5.96 Å². The SMILES string of the molecule is CN=C(NCc1cccc(N(C)C)c1)N1CCC(CC(=O)NC)CC1.I. The standard InChI is InChI=1S/C19H31N5O.HI/c1-20-18(25)13-15-8-10-24(11-9-15)19(21-2)22-14-16-6-5-7-17(12-16)23(3)4;/h5-7,12,15H,8-11,13-14H2,1-4H3,(H,20,25)(H,21,22);1H. The fourth-order valence-electron chi connectivity index (χ4n) is 3.17. The monoisotopic (exact) mass is 473 g/mol. The maximum absolute atomic E-state index is 11.5. The molecule has 1 fully saturated rings. The molecule has 1 amide bonds. The number of halogens is 1. The quantitative estimate of drug-likeness (QED) is 0.392. The van der Waals surface area contributed by atoms with Crippen LogP contribution in [0.5, 0.6) is 0 Å². The van der Waals surface area contributed by atoms with Crippen molar-refractivity contribution in [1.29, 1.82) is 0 Å². The Balaban J connectivity index is 0.00000338. The molecule has 1 aliphatic heterocycles. The molecular formula is C19H32IN5O. The zero-order chi connectivity index (χ0) is 18.2. The van der Waals surface area contributed by atoms with Gasteiger partial charge in [0.05, 0.1) is 0 Å². The minimum Gasteiger partial charge on any atom is -0.378 e. The van der Waals surface area contributed by atoms with Crippen molar-refractivity contribution in [2.75, 3.05) is 46.2 Å². The van der Waals surface area contributed by atoms with E-state index in [1.165, 1.54) is 11.3 Å². The van der Waals surface area contributed by atoms with Crippen LogP contribution in [0.25, 0.3) is 0 Å². The van der Waals surface area contributed by atoms with E-state index >= 15 is 0 Å². The van der Waals surface area contributed by atoms with E-state index in [9.17, 15) is 4.79 Å². The Labute approximate surface area is 174 Å². The molecule has 0 radical (unpaired) electrons. The first-order valence-corrected chi connectivity index (χ1v) is 8.96. The highest BCUT2D eigenvalue weighted by atomic mass is 127. The van der Waals surface area contributed by atoms with Gasteiger partial charge in [0.25, 0.3) is 0 Å². The van der Waals surface area contributed by atoms with Crippen molar-refractivity contribution in [1.82, 2.24) is 15.5 Å². The molecule has 0 aromatic heterocycles. The number of likely N-dealkylation sites (tertiary alicyclic amines) is 1. The maximum Gasteiger partial charge on any atom is 0.220 e. The number of nitrogens with zero attached hydrogens (tertiary/aromatic N) is 3. The molecule has 1 heterocycles. The van der Waals surface area contributed by atoms with Gasteiger partial charge in [0, 0.05) is 59.9 Å². The molecule has 2 N–H and O–H groups in total. The van der Waals surface area contributed by atoms with Crippen LogP contribution in [-0.2, 0) is 11.3 Å². The summed E-state index contributed by atoms with van der Waals surface area (Å²) in [4.78, 5) is 20.3. The Kier molecular flexibility index (Phi) is 9.75. The molecule has 0 spiro atoms. The van der Waals surface area contributed by atoms with Crippen LogP contribution < -0.4 is 15.5 Å². The molecule has 1 aromatic rings. The Morgan fingerprint density at radius 1 is 1.31 bits per heavy atom. The summed E-state index contributed by atoms with van der Waals surface area (Å²) in [7, 11) is 7.63. The highest BCUT2D eigenvalue weighted by Crippen LogP contribution is 2.20. The smallest absolute Gasteiger partial charge is 0.220 e. The van der Waals surface area contributed by atoms with Crippen molar-refractivity contribution in [3.05, 3.63) is 29.8 Å². The zero-order valence-corrected chi connectivity index (χ0v) is 18.6. The van der Waals surface area contributed by atoms with E-state index in [-0.39, 0.29) is 29.9 Å². The average molecular weight is 473 g/mol. The third-order valence-electron chi connectivity index (χ3n) is 4.76. The van der Waals surface area contributed by atoms with Gasteiger partial charge in [0.1, 0.15) is 0 Å². The zero-order valence-electron chi connectivity index (χ0n) is 16.3. The fourth-order valence-corrected chi connectivity index (χ4v) is 3.17. The molecule has 2 rings (SSSR count). The minimum atomic E-state index is 0. The highest BCUT2D eigenvalue weighted by molar-refractivity contribution is 14.0. The number of hydrogen-bond acceptors (Lipinski definition) is 3. The number of hydrogen-bond donors (Lipinski definition) is 2. The average Bonchev–Trinajstić information content (AvgIpc) is 2.63. The molecule has 7 heteroatoms. The van der Waals surface area contributed by atoms with Gasteiger partial charge < -0.3 is 20.4 Å². The predicted molar refractivity (Wildman–Crippen MR) is 119 cm³/mol. The number of nitrogens with one attached hydrogen (secondary N) is 2.